The molecule has 0 heterocycles. The van der Waals surface area contributed by atoms with Crippen molar-refractivity contribution < 1.29 is 0 Å². The molecule has 0 radical (unpaired) electrons. The highest BCUT2D eigenvalue weighted by Crippen LogP contribution is 2.04. The first-order valence-corrected chi connectivity index (χ1v) is 5.99. The lowest BCUT2D eigenvalue weighted by Crippen LogP contribution is -2.33. The van der Waals surface area contributed by atoms with E-state index in [0.717, 1.165) is 25.9 Å². The van der Waals surface area contributed by atoms with Gasteiger partial charge in [0.15, 0.2) is 0 Å². The van der Waals surface area contributed by atoms with E-state index >= 15 is 0 Å². The van der Waals surface area contributed by atoms with Crippen LogP contribution in [0.3, 0.4) is 0 Å². The highest BCUT2D eigenvalue weighted by Gasteiger charge is 2.08. The maximum atomic E-state index is 5.44. The third kappa shape index (κ3) is 7.25. The highest BCUT2D eigenvalue weighted by molar-refractivity contribution is 4.82. The summed E-state index contributed by atoms with van der Waals surface area (Å²) in [6.07, 6.45) is 5.93. The minimum absolute atomic E-state index is 0.552. The first-order chi connectivity index (χ1) is 7.11. The molecule has 0 fully saturated rings. The summed E-state index contributed by atoms with van der Waals surface area (Å²) in [4.78, 5) is 2.31. The van der Waals surface area contributed by atoms with Crippen LogP contribution < -0.4 is 11.1 Å². The van der Waals surface area contributed by atoms with E-state index in [4.69, 9.17) is 5.73 Å². The van der Waals surface area contributed by atoms with Gasteiger partial charge in [0.1, 0.15) is 0 Å². The SMILES string of the molecule is CCCN(/C=C\N)C(C)CCNC(C)C. The van der Waals surface area contributed by atoms with Crippen molar-refractivity contribution in [3.8, 4) is 0 Å². The van der Waals surface area contributed by atoms with Gasteiger partial charge >= 0.3 is 0 Å². The number of nitrogens with two attached hydrogens (primary N) is 1. The lowest BCUT2D eigenvalue weighted by molar-refractivity contribution is 0.275. The molecule has 0 saturated heterocycles. The van der Waals surface area contributed by atoms with Crippen LogP contribution in [0.25, 0.3) is 0 Å². The molecular weight excluding hydrogens is 186 g/mol. The van der Waals surface area contributed by atoms with Crippen LogP contribution in [0.2, 0.25) is 0 Å². The zero-order valence-corrected chi connectivity index (χ0v) is 10.7. The van der Waals surface area contributed by atoms with Crippen molar-refractivity contribution in [1.29, 1.82) is 0 Å². The van der Waals surface area contributed by atoms with Gasteiger partial charge in [-0.3, -0.25) is 0 Å². The first-order valence-electron chi connectivity index (χ1n) is 5.99. The van der Waals surface area contributed by atoms with E-state index in [1.54, 1.807) is 6.20 Å². The number of hydrogen-bond donors (Lipinski definition) is 2. The molecule has 0 aliphatic carbocycles. The molecule has 0 saturated carbocycles. The zero-order chi connectivity index (χ0) is 11.7. The number of hydrogen-bond acceptors (Lipinski definition) is 3. The van der Waals surface area contributed by atoms with Crippen LogP contribution in [0, 0.1) is 0 Å². The van der Waals surface area contributed by atoms with E-state index in [-0.39, 0.29) is 0 Å². The number of nitrogens with zero attached hydrogens (tertiary/aromatic N) is 1. The first kappa shape index (κ1) is 14.3. The Labute approximate surface area is 94.7 Å². The summed E-state index contributed by atoms with van der Waals surface area (Å²) in [6.45, 7) is 10.9. The molecule has 15 heavy (non-hydrogen) atoms. The summed E-state index contributed by atoms with van der Waals surface area (Å²) in [7, 11) is 0. The maximum absolute atomic E-state index is 5.44. The second-order valence-electron chi connectivity index (χ2n) is 4.33. The van der Waals surface area contributed by atoms with Gasteiger partial charge < -0.3 is 16.0 Å². The van der Waals surface area contributed by atoms with E-state index in [1.165, 1.54) is 0 Å². The van der Waals surface area contributed by atoms with Crippen molar-refractivity contribution in [3.63, 3.8) is 0 Å². The van der Waals surface area contributed by atoms with Crippen molar-refractivity contribution in [2.24, 2.45) is 5.73 Å². The average molecular weight is 213 g/mol. The van der Waals surface area contributed by atoms with Gasteiger partial charge in [-0.2, -0.15) is 0 Å². The Balaban J connectivity index is 3.85. The van der Waals surface area contributed by atoms with E-state index in [0.29, 0.717) is 12.1 Å². The van der Waals surface area contributed by atoms with Gasteiger partial charge in [0.25, 0.3) is 0 Å². The number of rotatable bonds is 8. The van der Waals surface area contributed by atoms with E-state index < -0.39 is 0 Å². The highest BCUT2D eigenvalue weighted by atomic mass is 15.1. The molecule has 3 nitrogen and oxygen atoms in total. The Kier molecular flexibility index (Phi) is 8.19. The van der Waals surface area contributed by atoms with E-state index in [2.05, 4.69) is 37.9 Å². The molecule has 0 aromatic rings. The largest absolute Gasteiger partial charge is 0.403 e. The predicted octanol–water partition coefficient (Wildman–Crippen LogP) is 1.90. The van der Waals surface area contributed by atoms with E-state index in [1.807, 2.05) is 6.20 Å². The fraction of sp³-hybridized carbons (Fsp3) is 0.833. The molecule has 0 bridgehead atoms. The van der Waals surface area contributed by atoms with Gasteiger partial charge in [0, 0.05) is 31.0 Å². The van der Waals surface area contributed by atoms with Gasteiger partial charge in [-0.1, -0.05) is 20.8 Å². The smallest absolute Gasteiger partial charge is 0.0268 e. The lowest BCUT2D eigenvalue weighted by Gasteiger charge is -2.27. The Morgan fingerprint density at radius 1 is 1.33 bits per heavy atom. The van der Waals surface area contributed by atoms with Crippen LogP contribution in [0.4, 0.5) is 0 Å². The van der Waals surface area contributed by atoms with Gasteiger partial charge in [0.05, 0.1) is 0 Å². The molecule has 0 aromatic carbocycles. The van der Waals surface area contributed by atoms with Crippen molar-refractivity contribution in [1.82, 2.24) is 10.2 Å². The molecule has 3 N–H and O–H groups in total. The second kappa shape index (κ2) is 8.60. The summed E-state index contributed by atoms with van der Waals surface area (Å²) < 4.78 is 0. The average Bonchev–Trinajstić information content (AvgIpc) is 2.16. The standard InChI is InChI=1S/C12H27N3/c1-5-9-15(10-7-13)12(4)6-8-14-11(2)3/h7,10-12,14H,5-6,8-9,13H2,1-4H3/b10-7-. The molecule has 0 rings (SSSR count). The van der Waals surface area contributed by atoms with Crippen LogP contribution in [0.15, 0.2) is 12.4 Å². The molecule has 1 unspecified atom stereocenters. The predicted molar refractivity (Wildman–Crippen MR) is 67.5 cm³/mol. The quantitative estimate of drug-likeness (QED) is 0.647. The van der Waals surface area contributed by atoms with Gasteiger partial charge in [0.2, 0.25) is 0 Å². The third-order valence-corrected chi connectivity index (χ3v) is 2.44. The molecular formula is C12H27N3. The van der Waals surface area contributed by atoms with Crippen LogP contribution in [0.1, 0.15) is 40.5 Å². The van der Waals surface area contributed by atoms with Crippen LogP contribution in [-0.2, 0) is 0 Å². The molecule has 0 aliphatic rings. The summed E-state index contributed by atoms with van der Waals surface area (Å²) in [5.74, 6) is 0. The Bertz CT molecular complexity index is 166. The summed E-state index contributed by atoms with van der Waals surface area (Å²) in [5.41, 5.74) is 5.44. The minimum atomic E-state index is 0.552. The fourth-order valence-electron chi connectivity index (χ4n) is 1.56. The van der Waals surface area contributed by atoms with Crippen LogP contribution in [0.5, 0.6) is 0 Å². The van der Waals surface area contributed by atoms with Gasteiger partial charge in [-0.05, 0) is 26.3 Å². The summed E-state index contributed by atoms with van der Waals surface area (Å²) in [5, 5.41) is 3.43. The Hall–Kier alpha value is -0.700. The van der Waals surface area contributed by atoms with Crippen molar-refractivity contribution >= 4 is 0 Å². The molecule has 0 aliphatic heterocycles. The van der Waals surface area contributed by atoms with Gasteiger partial charge in [-0.25, -0.2) is 0 Å². The molecule has 0 amide bonds. The molecule has 0 aromatic heterocycles. The van der Waals surface area contributed by atoms with Crippen LogP contribution in [-0.4, -0.2) is 30.1 Å². The Morgan fingerprint density at radius 3 is 2.47 bits per heavy atom. The fourth-order valence-corrected chi connectivity index (χ4v) is 1.56. The maximum Gasteiger partial charge on any atom is 0.0268 e. The normalized spacial score (nSPS) is 13.7. The van der Waals surface area contributed by atoms with Crippen molar-refractivity contribution in [2.75, 3.05) is 13.1 Å². The topological polar surface area (TPSA) is 41.3 Å². The number of nitrogens with one attached hydrogen (secondary N) is 1. The molecule has 1 atom stereocenters. The van der Waals surface area contributed by atoms with Crippen molar-refractivity contribution in [3.05, 3.63) is 12.4 Å². The van der Waals surface area contributed by atoms with Crippen LogP contribution >= 0.6 is 0 Å². The third-order valence-electron chi connectivity index (χ3n) is 2.44. The second-order valence-corrected chi connectivity index (χ2v) is 4.33. The minimum Gasteiger partial charge on any atom is -0.403 e. The monoisotopic (exact) mass is 213 g/mol. The molecule has 0 spiro atoms. The zero-order valence-electron chi connectivity index (χ0n) is 10.7. The van der Waals surface area contributed by atoms with Crippen molar-refractivity contribution in [2.45, 2.75) is 52.6 Å². The Morgan fingerprint density at radius 2 is 2.00 bits per heavy atom. The van der Waals surface area contributed by atoms with E-state index in [9.17, 15) is 0 Å². The van der Waals surface area contributed by atoms with Gasteiger partial charge in [-0.15, -0.1) is 0 Å². The molecule has 3 heteroatoms. The molecule has 90 valence electrons. The summed E-state index contributed by atoms with van der Waals surface area (Å²) >= 11 is 0. The lowest BCUT2D eigenvalue weighted by atomic mass is 10.2. The summed E-state index contributed by atoms with van der Waals surface area (Å²) in [6, 6.07) is 1.12.